The number of ether oxygens (including phenoxy) is 1. The van der Waals surface area contributed by atoms with Gasteiger partial charge >= 0.3 is 0 Å². The minimum absolute atomic E-state index is 0.0140. The van der Waals surface area contributed by atoms with Crippen LogP contribution in [0.2, 0.25) is 0 Å². The Morgan fingerprint density at radius 3 is 2.82 bits per heavy atom. The largest absolute Gasteiger partial charge is 0.379 e. The highest BCUT2D eigenvalue weighted by molar-refractivity contribution is 5.92. The van der Waals surface area contributed by atoms with Gasteiger partial charge in [0.15, 0.2) is 0 Å². The number of para-hydroxylation sites is 1. The van der Waals surface area contributed by atoms with E-state index in [9.17, 15) is 14.9 Å². The molecule has 0 radical (unpaired) electrons. The smallest absolute Gasteiger partial charge is 0.276 e. The Morgan fingerprint density at radius 1 is 1.36 bits per heavy atom. The molecule has 1 fully saturated rings. The second-order valence-electron chi connectivity index (χ2n) is 4.89. The summed E-state index contributed by atoms with van der Waals surface area (Å²) in [4.78, 5) is 24.4. The van der Waals surface area contributed by atoms with E-state index in [1.807, 2.05) is 0 Å². The van der Waals surface area contributed by atoms with Crippen LogP contribution in [0.15, 0.2) is 30.3 Å². The van der Waals surface area contributed by atoms with Gasteiger partial charge in [0.25, 0.3) is 5.69 Å². The fraction of sp³-hybridized carbons (Fsp3) is 0.400. The molecule has 118 valence electrons. The van der Waals surface area contributed by atoms with Crippen molar-refractivity contribution in [3.8, 4) is 0 Å². The number of amides is 1. The number of nitrogens with one attached hydrogen (secondary N) is 1. The first-order valence-electron chi connectivity index (χ1n) is 7.16. The highest BCUT2D eigenvalue weighted by atomic mass is 16.6. The fourth-order valence-corrected chi connectivity index (χ4v) is 2.18. The average Bonchev–Trinajstić information content (AvgIpc) is 2.54. The Labute approximate surface area is 128 Å². The van der Waals surface area contributed by atoms with Crippen LogP contribution in [-0.4, -0.2) is 55.1 Å². The molecule has 1 heterocycles. The van der Waals surface area contributed by atoms with E-state index < -0.39 is 4.92 Å². The monoisotopic (exact) mass is 305 g/mol. The number of nitrogens with zero attached hydrogens (tertiary/aromatic N) is 2. The molecule has 1 saturated heterocycles. The number of carbonyl (C=O) groups is 1. The van der Waals surface area contributed by atoms with Crippen LogP contribution in [0.5, 0.6) is 0 Å². The lowest BCUT2D eigenvalue weighted by atomic mass is 10.1. The van der Waals surface area contributed by atoms with Gasteiger partial charge in [-0.25, -0.2) is 0 Å². The van der Waals surface area contributed by atoms with Gasteiger partial charge in [-0.1, -0.05) is 12.1 Å². The van der Waals surface area contributed by atoms with Crippen molar-refractivity contribution >= 4 is 17.7 Å². The van der Waals surface area contributed by atoms with Crippen molar-refractivity contribution < 1.29 is 14.5 Å². The standard InChI is InChI=1S/C15H19N3O4/c19-15(16-7-8-17-9-11-22-12-10-17)6-5-13-3-1-2-4-14(13)18(20)21/h1-6H,7-12H2,(H,16,19). The predicted octanol–water partition coefficient (Wildman–Crippen LogP) is 1.06. The lowest BCUT2D eigenvalue weighted by molar-refractivity contribution is -0.385. The molecular weight excluding hydrogens is 286 g/mol. The van der Waals surface area contributed by atoms with Crippen LogP contribution < -0.4 is 5.32 Å². The van der Waals surface area contributed by atoms with E-state index in [1.54, 1.807) is 18.2 Å². The normalized spacial score (nSPS) is 15.8. The van der Waals surface area contributed by atoms with Crippen LogP contribution >= 0.6 is 0 Å². The molecule has 0 aromatic heterocycles. The lowest BCUT2D eigenvalue weighted by Gasteiger charge is -2.26. The molecule has 7 heteroatoms. The van der Waals surface area contributed by atoms with Gasteiger partial charge in [-0.05, 0) is 12.1 Å². The molecule has 0 atom stereocenters. The molecular formula is C15H19N3O4. The molecule has 22 heavy (non-hydrogen) atoms. The maximum Gasteiger partial charge on any atom is 0.276 e. The highest BCUT2D eigenvalue weighted by Crippen LogP contribution is 2.18. The van der Waals surface area contributed by atoms with E-state index in [0.717, 1.165) is 32.8 Å². The van der Waals surface area contributed by atoms with Gasteiger partial charge in [-0.3, -0.25) is 19.8 Å². The highest BCUT2D eigenvalue weighted by Gasteiger charge is 2.11. The van der Waals surface area contributed by atoms with Crippen molar-refractivity contribution in [3.63, 3.8) is 0 Å². The van der Waals surface area contributed by atoms with Crippen molar-refractivity contribution in [2.45, 2.75) is 0 Å². The quantitative estimate of drug-likeness (QED) is 0.482. The molecule has 2 rings (SSSR count). The molecule has 1 aromatic carbocycles. The number of nitro benzene ring substituents is 1. The third-order valence-corrected chi connectivity index (χ3v) is 3.38. The summed E-state index contributed by atoms with van der Waals surface area (Å²) in [6.45, 7) is 4.52. The summed E-state index contributed by atoms with van der Waals surface area (Å²) in [5.74, 6) is -0.258. The number of nitro groups is 1. The van der Waals surface area contributed by atoms with E-state index >= 15 is 0 Å². The number of hydrogen-bond donors (Lipinski definition) is 1. The van der Waals surface area contributed by atoms with Crippen molar-refractivity contribution in [1.29, 1.82) is 0 Å². The van der Waals surface area contributed by atoms with Gasteiger partial charge < -0.3 is 10.1 Å². The second-order valence-corrected chi connectivity index (χ2v) is 4.89. The molecule has 0 spiro atoms. The number of hydrogen-bond acceptors (Lipinski definition) is 5. The first-order chi connectivity index (χ1) is 10.7. The zero-order valence-corrected chi connectivity index (χ0v) is 12.2. The van der Waals surface area contributed by atoms with E-state index in [2.05, 4.69) is 10.2 Å². The molecule has 1 aliphatic rings. The van der Waals surface area contributed by atoms with Gasteiger partial charge in [0.2, 0.25) is 5.91 Å². The molecule has 0 saturated carbocycles. The van der Waals surface area contributed by atoms with Gasteiger partial charge in [-0.15, -0.1) is 0 Å². The summed E-state index contributed by atoms with van der Waals surface area (Å²) >= 11 is 0. The molecule has 7 nitrogen and oxygen atoms in total. The number of rotatable bonds is 6. The third-order valence-electron chi connectivity index (χ3n) is 3.38. The zero-order valence-electron chi connectivity index (χ0n) is 12.2. The molecule has 0 unspecified atom stereocenters. The summed E-state index contributed by atoms with van der Waals surface area (Å²) in [5.41, 5.74) is 0.399. The Kier molecular flexibility index (Phi) is 6.05. The zero-order chi connectivity index (χ0) is 15.8. The van der Waals surface area contributed by atoms with Crippen LogP contribution in [-0.2, 0) is 9.53 Å². The van der Waals surface area contributed by atoms with Gasteiger partial charge in [0, 0.05) is 38.3 Å². The van der Waals surface area contributed by atoms with Crippen LogP contribution in [0.3, 0.4) is 0 Å². The van der Waals surface area contributed by atoms with Crippen molar-refractivity contribution in [1.82, 2.24) is 10.2 Å². The Hall–Kier alpha value is -2.25. The summed E-state index contributed by atoms with van der Waals surface area (Å²) in [6.07, 6.45) is 2.78. The van der Waals surface area contributed by atoms with E-state index in [-0.39, 0.29) is 11.6 Å². The Balaban J connectivity index is 1.80. The van der Waals surface area contributed by atoms with Crippen LogP contribution in [0.4, 0.5) is 5.69 Å². The SMILES string of the molecule is O=C(C=Cc1ccccc1[N+](=O)[O-])NCCN1CCOCC1. The third kappa shape index (κ3) is 4.94. The van der Waals surface area contributed by atoms with Gasteiger partial charge in [0.05, 0.1) is 23.7 Å². The van der Waals surface area contributed by atoms with E-state index in [0.29, 0.717) is 12.1 Å². The predicted molar refractivity (Wildman–Crippen MR) is 82.4 cm³/mol. The molecule has 0 bridgehead atoms. The van der Waals surface area contributed by atoms with Crippen molar-refractivity contribution in [2.24, 2.45) is 0 Å². The number of carbonyl (C=O) groups excluding carboxylic acids is 1. The minimum Gasteiger partial charge on any atom is -0.379 e. The second kappa shape index (κ2) is 8.26. The average molecular weight is 305 g/mol. The maximum atomic E-state index is 11.7. The topological polar surface area (TPSA) is 84.7 Å². The van der Waals surface area contributed by atoms with Crippen LogP contribution in [0.25, 0.3) is 6.08 Å². The molecule has 1 aromatic rings. The summed E-state index contributed by atoms with van der Waals surface area (Å²) in [6, 6.07) is 6.31. The fourth-order valence-electron chi connectivity index (χ4n) is 2.18. The first kappa shape index (κ1) is 16.1. The molecule has 1 aliphatic heterocycles. The molecule has 0 aliphatic carbocycles. The van der Waals surface area contributed by atoms with Crippen molar-refractivity contribution in [3.05, 3.63) is 46.0 Å². The Bertz CT molecular complexity index is 553. The van der Waals surface area contributed by atoms with E-state index in [1.165, 1.54) is 18.2 Å². The van der Waals surface area contributed by atoms with Crippen molar-refractivity contribution in [2.75, 3.05) is 39.4 Å². The summed E-state index contributed by atoms with van der Waals surface area (Å²) in [7, 11) is 0. The minimum atomic E-state index is -0.462. The summed E-state index contributed by atoms with van der Waals surface area (Å²) in [5, 5.41) is 13.6. The van der Waals surface area contributed by atoms with Gasteiger partial charge in [0.1, 0.15) is 0 Å². The number of benzene rings is 1. The number of morpholine rings is 1. The Morgan fingerprint density at radius 2 is 2.09 bits per heavy atom. The van der Waals surface area contributed by atoms with Crippen LogP contribution in [0, 0.1) is 10.1 Å². The first-order valence-corrected chi connectivity index (χ1v) is 7.16. The van der Waals surface area contributed by atoms with Crippen LogP contribution in [0.1, 0.15) is 5.56 Å². The van der Waals surface area contributed by atoms with E-state index in [4.69, 9.17) is 4.74 Å². The van der Waals surface area contributed by atoms with Gasteiger partial charge in [-0.2, -0.15) is 0 Å². The lowest BCUT2D eigenvalue weighted by Crippen LogP contribution is -2.41. The molecule has 1 N–H and O–H groups in total. The summed E-state index contributed by atoms with van der Waals surface area (Å²) < 4.78 is 5.25. The maximum absolute atomic E-state index is 11.7. The molecule has 1 amide bonds.